The fourth-order valence-electron chi connectivity index (χ4n) is 2.38. The summed E-state index contributed by atoms with van der Waals surface area (Å²) < 4.78 is 0. The first-order valence-corrected chi connectivity index (χ1v) is 6.70. The third-order valence-corrected chi connectivity index (χ3v) is 2.95. The highest BCUT2D eigenvalue weighted by Crippen LogP contribution is 2.18. The minimum atomic E-state index is 0.403. The molecule has 0 saturated heterocycles. The second-order valence-electron chi connectivity index (χ2n) is 5.34. The van der Waals surface area contributed by atoms with E-state index in [2.05, 4.69) is 62.3 Å². The van der Waals surface area contributed by atoms with Gasteiger partial charge in [0.2, 0.25) is 0 Å². The highest BCUT2D eigenvalue weighted by Gasteiger charge is 1.99. The number of guanidine groups is 1. The Balaban J connectivity index is 2.22. The number of nitrogens with zero attached hydrogens (tertiary/aromatic N) is 1. The molecule has 0 atom stereocenters. The van der Waals surface area contributed by atoms with E-state index in [0.29, 0.717) is 5.96 Å². The number of rotatable bonds is 2. The van der Waals surface area contributed by atoms with Crippen LogP contribution in [-0.2, 0) is 0 Å². The fourth-order valence-corrected chi connectivity index (χ4v) is 2.38. The summed E-state index contributed by atoms with van der Waals surface area (Å²) in [5.74, 6) is 0.403. The van der Waals surface area contributed by atoms with Crippen molar-refractivity contribution in [2.45, 2.75) is 27.7 Å². The molecule has 0 amide bonds. The first-order valence-electron chi connectivity index (χ1n) is 6.70. The van der Waals surface area contributed by atoms with Crippen LogP contribution in [0.4, 0.5) is 11.4 Å². The summed E-state index contributed by atoms with van der Waals surface area (Å²) >= 11 is 0. The highest BCUT2D eigenvalue weighted by molar-refractivity contribution is 5.94. The Kier molecular flexibility index (Phi) is 4.08. The van der Waals surface area contributed by atoms with Crippen molar-refractivity contribution in [3.05, 3.63) is 58.7 Å². The molecule has 3 heteroatoms. The van der Waals surface area contributed by atoms with E-state index in [9.17, 15) is 0 Å². The molecule has 2 aromatic carbocycles. The van der Waals surface area contributed by atoms with E-state index in [1.165, 1.54) is 22.3 Å². The summed E-state index contributed by atoms with van der Waals surface area (Å²) in [4.78, 5) is 4.42. The van der Waals surface area contributed by atoms with Crippen LogP contribution >= 0.6 is 0 Å². The molecule has 0 aliphatic rings. The average Bonchev–Trinajstić information content (AvgIpc) is 2.24. The van der Waals surface area contributed by atoms with Gasteiger partial charge in [-0.2, -0.15) is 0 Å². The summed E-state index contributed by atoms with van der Waals surface area (Å²) in [5.41, 5.74) is 12.6. The van der Waals surface area contributed by atoms with Gasteiger partial charge < -0.3 is 11.1 Å². The van der Waals surface area contributed by atoms with Gasteiger partial charge in [0, 0.05) is 5.69 Å². The van der Waals surface area contributed by atoms with Crippen LogP contribution < -0.4 is 11.1 Å². The third kappa shape index (κ3) is 3.85. The quantitative estimate of drug-likeness (QED) is 0.638. The summed E-state index contributed by atoms with van der Waals surface area (Å²) in [6.45, 7) is 8.24. The van der Waals surface area contributed by atoms with E-state index in [1.54, 1.807) is 0 Å². The molecule has 0 bridgehead atoms. The Hall–Kier alpha value is -2.29. The summed E-state index contributed by atoms with van der Waals surface area (Å²) in [7, 11) is 0. The van der Waals surface area contributed by atoms with Crippen LogP contribution in [0.3, 0.4) is 0 Å². The second kappa shape index (κ2) is 5.78. The molecule has 0 saturated carbocycles. The maximum Gasteiger partial charge on any atom is 0.198 e. The summed E-state index contributed by atoms with van der Waals surface area (Å²) in [6, 6.07) is 12.4. The van der Waals surface area contributed by atoms with E-state index in [1.807, 2.05) is 12.1 Å². The lowest BCUT2D eigenvalue weighted by Gasteiger charge is -2.08. The number of nitrogens with one attached hydrogen (secondary N) is 1. The Bertz CT molecular complexity index is 617. The van der Waals surface area contributed by atoms with Crippen LogP contribution in [-0.4, -0.2) is 5.96 Å². The molecule has 0 fully saturated rings. The number of hydrogen-bond acceptors (Lipinski definition) is 1. The van der Waals surface area contributed by atoms with E-state index in [4.69, 9.17) is 5.73 Å². The number of benzene rings is 2. The van der Waals surface area contributed by atoms with E-state index in [0.717, 1.165) is 11.4 Å². The van der Waals surface area contributed by atoms with Crippen LogP contribution in [0.5, 0.6) is 0 Å². The van der Waals surface area contributed by atoms with Crippen LogP contribution in [0.2, 0.25) is 0 Å². The number of hydrogen-bond donors (Lipinski definition) is 2. The topological polar surface area (TPSA) is 50.4 Å². The Morgan fingerprint density at radius 1 is 0.800 bits per heavy atom. The lowest BCUT2D eigenvalue weighted by molar-refractivity contribution is 1.34. The molecule has 104 valence electrons. The summed E-state index contributed by atoms with van der Waals surface area (Å²) in [6.07, 6.45) is 0. The lowest BCUT2D eigenvalue weighted by atomic mass is 10.1. The average molecular weight is 267 g/mol. The maximum atomic E-state index is 5.98. The van der Waals surface area contributed by atoms with E-state index < -0.39 is 0 Å². The van der Waals surface area contributed by atoms with Crippen LogP contribution in [0.25, 0.3) is 0 Å². The molecule has 0 aliphatic carbocycles. The molecule has 3 nitrogen and oxygen atoms in total. The van der Waals surface area contributed by atoms with Crippen LogP contribution in [0, 0.1) is 27.7 Å². The monoisotopic (exact) mass is 267 g/mol. The molecular formula is C17H21N3. The molecule has 0 spiro atoms. The molecule has 0 heterocycles. The minimum Gasteiger partial charge on any atom is -0.369 e. The van der Waals surface area contributed by atoms with Crippen LogP contribution in [0.1, 0.15) is 22.3 Å². The van der Waals surface area contributed by atoms with Crippen molar-refractivity contribution in [1.82, 2.24) is 0 Å². The molecule has 0 aromatic heterocycles. The first-order chi connectivity index (χ1) is 9.42. The molecule has 0 unspecified atom stereocenters. The standard InChI is InChI=1S/C17H21N3/c1-11-5-12(2)8-15(7-11)19-17(18)20-16-9-13(3)6-14(4)10-16/h5-10H,1-4H3,(H3,18,19,20). The van der Waals surface area contributed by atoms with Gasteiger partial charge in [-0.05, 0) is 74.2 Å². The normalized spacial score (nSPS) is 11.5. The summed E-state index contributed by atoms with van der Waals surface area (Å²) in [5, 5.41) is 3.14. The number of nitrogens with two attached hydrogens (primary N) is 1. The molecule has 0 radical (unpaired) electrons. The van der Waals surface area contributed by atoms with Gasteiger partial charge in [0.05, 0.1) is 5.69 Å². The highest BCUT2D eigenvalue weighted by atomic mass is 15.1. The largest absolute Gasteiger partial charge is 0.369 e. The van der Waals surface area contributed by atoms with Crippen molar-refractivity contribution >= 4 is 17.3 Å². The first kappa shape index (κ1) is 14.1. The van der Waals surface area contributed by atoms with Gasteiger partial charge in [-0.25, -0.2) is 4.99 Å². The smallest absolute Gasteiger partial charge is 0.198 e. The molecular weight excluding hydrogens is 246 g/mol. The van der Waals surface area contributed by atoms with E-state index in [-0.39, 0.29) is 0 Å². The molecule has 2 aromatic rings. The maximum absolute atomic E-state index is 5.98. The van der Waals surface area contributed by atoms with Gasteiger partial charge in [-0.1, -0.05) is 12.1 Å². The third-order valence-electron chi connectivity index (χ3n) is 2.95. The molecule has 0 aliphatic heterocycles. The van der Waals surface area contributed by atoms with E-state index >= 15 is 0 Å². The SMILES string of the molecule is Cc1cc(C)cc(N=C(N)Nc2cc(C)cc(C)c2)c1. The molecule has 3 N–H and O–H groups in total. The van der Waals surface area contributed by atoms with Crippen molar-refractivity contribution in [2.24, 2.45) is 10.7 Å². The van der Waals surface area contributed by atoms with Gasteiger partial charge in [0.25, 0.3) is 0 Å². The van der Waals surface area contributed by atoms with Gasteiger partial charge >= 0.3 is 0 Å². The van der Waals surface area contributed by atoms with Crippen molar-refractivity contribution in [1.29, 1.82) is 0 Å². The molecule has 20 heavy (non-hydrogen) atoms. The van der Waals surface area contributed by atoms with Crippen molar-refractivity contribution in [3.63, 3.8) is 0 Å². The van der Waals surface area contributed by atoms with Gasteiger partial charge in [-0.3, -0.25) is 0 Å². The zero-order chi connectivity index (χ0) is 14.7. The predicted molar refractivity (Wildman–Crippen MR) is 86.7 cm³/mol. The zero-order valence-electron chi connectivity index (χ0n) is 12.5. The minimum absolute atomic E-state index is 0.403. The second-order valence-corrected chi connectivity index (χ2v) is 5.34. The van der Waals surface area contributed by atoms with Crippen LogP contribution in [0.15, 0.2) is 41.4 Å². The molecule has 2 rings (SSSR count). The van der Waals surface area contributed by atoms with Gasteiger partial charge in [0.1, 0.15) is 0 Å². The Morgan fingerprint density at radius 2 is 1.25 bits per heavy atom. The number of aliphatic imine (C=N–C) groups is 1. The lowest BCUT2D eigenvalue weighted by Crippen LogP contribution is -2.22. The van der Waals surface area contributed by atoms with Gasteiger partial charge in [0.15, 0.2) is 5.96 Å². The fraction of sp³-hybridized carbons (Fsp3) is 0.235. The van der Waals surface area contributed by atoms with Crippen molar-refractivity contribution < 1.29 is 0 Å². The number of anilines is 1. The Labute approximate surface area is 120 Å². The Morgan fingerprint density at radius 3 is 1.75 bits per heavy atom. The predicted octanol–water partition coefficient (Wildman–Crippen LogP) is 3.98. The van der Waals surface area contributed by atoms with Gasteiger partial charge in [-0.15, -0.1) is 0 Å². The zero-order valence-corrected chi connectivity index (χ0v) is 12.5. The van der Waals surface area contributed by atoms with Crippen molar-refractivity contribution in [2.75, 3.05) is 5.32 Å². The van der Waals surface area contributed by atoms with Crippen molar-refractivity contribution in [3.8, 4) is 0 Å². The number of aryl methyl sites for hydroxylation is 4.